The van der Waals surface area contributed by atoms with Crippen LogP contribution in [-0.4, -0.2) is 67.5 Å². The minimum absolute atomic E-state index is 0.0243. The van der Waals surface area contributed by atoms with Gasteiger partial charge in [-0.25, -0.2) is 0 Å². The quantitative estimate of drug-likeness (QED) is 0.787. The molecule has 2 atom stereocenters. The summed E-state index contributed by atoms with van der Waals surface area (Å²) in [5.41, 5.74) is 0. The highest BCUT2D eigenvalue weighted by molar-refractivity contribution is 7.86. The minimum atomic E-state index is -3.55. The van der Waals surface area contributed by atoms with Crippen molar-refractivity contribution in [1.82, 2.24) is 8.61 Å². The first-order chi connectivity index (χ1) is 10.4. The number of ether oxygens (including phenoxy) is 1. The van der Waals surface area contributed by atoms with Crippen molar-refractivity contribution in [2.75, 3.05) is 33.3 Å². The predicted octanol–water partition coefficient (Wildman–Crippen LogP) is 0.385. The number of piperidine rings is 1. The van der Waals surface area contributed by atoms with Gasteiger partial charge in [-0.3, -0.25) is 4.79 Å². The molecule has 3 aliphatic rings. The van der Waals surface area contributed by atoms with Crippen molar-refractivity contribution in [1.29, 1.82) is 0 Å². The molecule has 22 heavy (non-hydrogen) atoms. The average Bonchev–Trinajstić information content (AvgIpc) is 3.24. The minimum Gasteiger partial charge on any atom is -0.481 e. The number of aliphatic carboxylic acids is 1. The molecule has 3 rings (SSSR count). The van der Waals surface area contributed by atoms with Gasteiger partial charge in [0.2, 0.25) is 0 Å². The summed E-state index contributed by atoms with van der Waals surface area (Å²) in [4.78, 5) is 11.4. The van der Waals surface area contributed by atoms with Crippen molar-refractivity contribution < 1.29 is 23.1 Å². The summed E-state index contributed by atoms with van der Waals surface area (Å²) >= 11 is 0. The maximum atomic E-state index is 12.8. The molecular formula is C14H24N2O5S. The van der Waals surface area contributed by atoms with Crippen molar-refractivity contribution in [3.8, 4) is 0 Å². The Labute approximate surface area is 131 Å². The Morgan fingerprint density at radius 1 is 1.09 bits per heavy atom. The van der Waals surface area contributed by atoms with Gasteiger partial charge in [0.1, 0.15) is 0 Å². The molecule has 0 spiro atoms. The number of hydrogen-bond donors (Lipinski definition) is 1. The molecule has 2 aliphatic heterocycles. The Kier molecular flexibility index (Phi) is 4.46. The number of carboxylic acid groups (broad SMARTS) is 1. The number of carbonyl (C=O) groups is 1. The highest BCUT2D eigenvalue weighted by atomic mass is 32.2. The van der Waals surface area contributed by atoms with Crippen LogP contribution in [-0.2, 0) is 19.7 Å². The van der Waals surface area contributed by atoms with Crippen LogP contribution < -0.4 is 0 Å². The fourth-order valence-corrected chi connectivity index (χ4v) is 5.41. The lowest BCUT2D eigenvalue weighted by Crippen LogP contribution is -2.47. The molecule has 8 heteroatoms. The van der Waals surface area contributed by atoms with E-state index in [-0.39, 0.29) is 18.6 Å². The monoisotopic (exact) mass is 332 g/mol. The summed E-state index contributed by atoms with van der Waals surface area (Å²) in [5.74, 6) is -1.06. The van der Waals surface area contributed by atoms with Gasteiger partial charge in [0.15, 0.2) is 0 Å². The molecular weight excluding hydrogens is 308 g/mol. The third-order valence-electron chi connectivity index (χ3n) is 5.26. The summed E-state index contributed by atoms with van der Waals surface area (Å²) < 4.78 is 33.7. The normalized spacial score (nSPS) is 32.4. The topological polar surface area (TPSA) is 87.2 Å². The van der Waals surface area contributed by atoms with E-state index in [9.17, 15) is 18.3 Å². The molecule has 3 fully saturated rings. The molecule has 0 aromatic heterocycles. The molecule has 7 nitrogen and oxygen atoms in total. The Morgan fingerprint density at radius 2 is 1.73 bits per heavy atom. The van der Waals surface area contributed by atoms with Gasteiger partial charge in [0.05, 0.1) is 12.0 Å². The van der Waals surface area contributed by atoms with Gasteiger partial charge < -0.3 is 9.84 Å². The second-order valence-corrected chi connectivity index (χ2v) is 8.53. The van der Waals surface area contributed by atoms with Crippen LogP contribution in [0.1, 0.15) is 25.7 Å². The number of rotatable bonds is 5. The summed E-state index contributed by atoms with van der Waals surface area (Å²) in [6, 6.07) is 0. The van der Waals surface area contributed by atoms with Crippen LogP contribution >= 0.6 is 0 Å². The Morgan fingerprint density at radius 3 is 2.23 bits per heavy atom. The van der Waals surface area contributed by atoms with Crippen molar-refractivity contribution in [2.24, 2.45) is 17.8 Å². The first kappa shape index (κ1) is 16.2. The summed E-state index contributed by atoms with van der Waals surface area (Å²) in [6.45, 7) is 1.36. The second kappa shape index (κ2) is 6.07. The van der Waals surface area contributed by atoms with E-state index in [0.29, 0.717) is 38.4 Å². The van der Waals surface area contributed by atoms with Crippen LogP contribution in [0, 0.1) is 17.8 Å². The molecule has 1 aliphatic carbocycles. The highest BCUT2D eigenvalue weighted by Crippen LogP contribution is 2.45. The number of methoxy groups -OCH3 is 1. The molecule has 0 aromatic rings. The molecule has 0 radical (unpaired) electrons. The maximum absolute atomic E-state index is 12.8. The zero-order chi connectivity index (χ0) is 15.9. The molecule has 2 heterocycles. The molecule has 126 valence electrons. The fourth-order valence-electron chi connectivity index (χ4n) is 3.71. The van der Waals surface area contributed by atoms with Crippen molar-refractivity contribution >= 4 is 16.2 Å². The van der Waals surface area contributed by atoms with Gasteiger partial charge in [-0.15, -0.1) is 0 Å². The van der Waals surface area contributed by atoms with Crippen molar-refractivity contribution in [2.45, 2.75) is 31.8 Å². The third-order valence-corrected chi connectivity index (χ3v) is 7.23. The van der Waals surface area contributed by atoms with E-state index in [0.717, 1.165) is 12.8 Å². The first-order valence-corrected chi connectivity index (χ1v) is 9.34. The van der Waals surface area contributed by atoms with Crippen LogP contribution in [0.4, 0.5) is 0 Å². The molecule has 0 amide bonds. The second-order valence-electron chi connectivity index (χ2n) is 6.60. The van der Waals surface area contributed by atoms with E-state index in [4.69, 9.17) is 4.74 Å². The average molecular weight is 332 g/mol. The van der Waals surface area contributed by atoms with Gasteiger partial charge in [-0.1, -0.05) is 0 Å². The van der Waals surface area contributed by atoms with Crippen LogP contribution in [0.25, 0.3) is 0 Å². The SMILES string of the molecule is COC1CCN(S(=O)(=O)N2C[C@@H](C(=O)O)[C@H](C3CC3)C2)CC1. The molecule has 1 saturated carbocycles. The maximum Gasteiger partial charge on any atom is 0.308 e. The molecule has 0 bridgehead atoms. The molecule has 0 unspecified atom stereocenters. The van der Waals surface area contributed by atoms with Gasteiger partial charge in [0.25, 0.3) is 10.2 Å². The summed E-state index contributed by atoms with van der Waals surface area (Å²) in [6.07, 6.45) is 3.56. The van der Waals surface area contributed by atoms with Crippen LogP contribution in [0.3, 0.4) is 0 Å². The zero-order valence-electron chi connectivity index (χ0n) is 12.8. The smallest absolute Gasteiger partial charge is 0.308 e. The third kappa shape index (κ3) is 3.02. The van der Waals surface area contributed by atoms with Crippen molar-refractivity contribution in [3.63, 3.8) is 0 Å². The van der Waals surface area contributed by atoms with E-state index in [1.807, 2.05) is 0 Å². The zero-order valence-corrected chi connectivity index (χ0v) is 13.7. The van der Waals surface area contributed by atoms with E-state index in [1.54, 1.807) is 7.11 Å². The molecule has 0 aromatic carbocycles. The predicted molar refractivity (Wildman–Crippen MR) is 79.4 cm³/mol. The van der Waals surface area contributed by atoms with E-state index < -0.39 is 22.1 Å². The van der Waals surface area contributed by atoms with E-state index in [1.165, 1.54) is 8.61 Å². The standard InChI is InChI=1S/C14H24N2O5S/c1-21-11-4-6-15(7-5-11)22(19,20)16-8-12(10-2-3-10)13(9-16)14(17)18/h10-13H,2-9H2,1H3,(H,17,18)/t12-,13+/m0/s1. The van der Waals surface area contributed by atoms with Crippen molar-refractivity contribution in [3.05, 3.63) is 0 Å². The Bertz CT molecular complexity index is 525. The highest BCUT2D eigenvalue weighted by Gasteiger charge is 2.49. The van der Waals surface area contributed by atoms with E-state index >= 15 is 0 Å². The number of carboxylic acids is 1. The van der Waals surface area contributed by atoms with Crippen LogP contribution in [0.5, 0.6) is 0 Å². The largest absolute Gasteiger partial charge is 0.481 e. The summed E-state index contributed by atoms with van der Waals surface area (Å²) in [7, 11) is -1.90. The Balaban J connectivity index is 1.69. The van der Waals surface area contributed by atoms with Crippen LogP contribution in [0.15, 0.2) is 0 Å². The Hall–Kier alpha value is -0.700. The van der Waals surface area contributed by atoms with Crippen LogP contribution in [0.2, 0.25) is 0 Å². The number of hydrogen-bond acceptors (Lipinski definition) is 4. The first-order valence-electron chi connectivity index (χ1n) is 7.94. The van der Waals surface area contributed by atoms with E-state index in [2.05, 4.69) is 0 Å². The molecule has 2 saturated heterocycles. The fraction of sp³-hybridized carbons (Fsp3) is 0.929. The van der Waals surface area contributed by atoms with Gasteiger partial charge in [-0.2, -0.15) is 17.0 Å². The van der Waals surface area contributed by atoms with Gasteiger partial charge in [-0.05, 0) is 37.5 Å². The lowest BCUT2D eigenvalue weighted by Gasteiger charge is -2.33. The van der Waals surface area contributed by atoms with Gasteiger partial charge in [0, 0.05) is 33.3 Å². The lowest BCUT2D eigenvalue weighted by molar-refractivity contribution is -0.142. The lowest BCUT2D eigenvalue weighted by atomic mass is 9.92. The number of nitrogens with zero attached hydrogens (tertiary/aromatic N) is 2. The molecule has 1 N–H and O–H groups in total. The summed E-state index contributed by atoms with van der Waals surface area (Å²) in [5, 5.41) is 9.37. The van der Waals surface area contributed by atoms with Gasteiger partial charge >= 0.3 is 5.97 Å².